The number of aliphatic hydroxyl groups excluding tert-OH is 1. The molecule has 1 unspecified atom stereocenters. The van der Waals surface area contributed by atoms with Crippen LogP contribution in [0.5, 0.6) is 0 Å². The van der Waals surface area contributed by atoms with Crippen molar-refractivity contribution in [3.05, 3.63) is 12.2 Å². The third-order valence-electron chi connectivity index (χ3n) is 2.80. The minimum absolute atomic E-state index is 0.192. The minimum Gasteiger partial charge on any atom is -0.392 e. The lowest BCUT2D eigenvalue weighted by Gasteiger charge is -2.10. The maximum Gasteiger partial charge on any atom is 0.140 e. The molecule has 0 amide bonds. The summed E-state index contributed by atoms with van der Waals surface area (Å²) in [6.07, 6.45) is 3.72. The van der Waals surface area contributed by atoms with Crippen molar-refractivity contribution < 1.29 is 5.11 Å². The van der Waals surface area contributed by atoms with E-state index >= 15 is 0 Å². The number of nitrogens with zero attached hydrogens (tertiary/aromatic N) is 3. The van der Waals surface area contributed by atoms with Gasteiger partial charge in [-0.05, 0) is 25.7 Å². The first kappa shape index (κ1) is 10.6. The Labute approximate surface area is 89.5 Å². The summed E-state index contributed by atoms with van der Waals surface area (Å²) in [5.41, 5.74) is 0. The fourth-order valence-corrected chi connectivity index (χ4v) is 1.67. The average molecular weight is 210 g/mol. The van der Waals surface area contributed by atoms with E-state index in [9.17, 15) is 5.11 Å². The third kappa shape index (κ3) is 2.76. The predicted molar refractivity (Wildman–Crippen MR) is 56.1 cm³/mol. The van der Waals surface area contributed by atoms with Crippen LogP contribution in [0.15, 0.2) is 6.33 Å². The smallest absolute Gasteiger partial charge is 0.140 e. The van der Waals surface area contributed by atoms with E-state index < -0.39 is 0 Å². The van der Waals surface area contributed by atoms with Crippen LogP contribution in [-0.4, -0.2) is 32.5 Å². The van der Waals surface area contributed by atoms with Crippen molar-refractivity contribution in [2.45, 2.75) is 39.0 Å². The summed E-state index contributed by atoms with van der Waals surface area (Å²) >= 11 is 0. The van der Waals surface area contributed by atoms with Crippen LogP contribution in [0.25, 0.3) is 0 Å². The Morgan fingerprint density at radius 3 is 3.13 bits per heavy atom. The fraction of sp³-hybridized carbons (Fsp3) is 0.800. The molecule has 1 aliphatic carbocycles. The molecule has 1 aromatic heterocycles. The Morgan fingerprint density at radius 1 is 1.67 bits per heavy atom. The van der Waals surface area contributed by atoms with Gasteiger partial charge in [-0.1, -0.05) is 0 Å². The first-order valence-corrected chi connectivity index (χ1v) is 5.56. The lowest BCUT2D eigenvalue weighted by molar-refractivity contribution is 0.148. The number of aromatic nitrogens is 3. The van der Waals surface area contributed by atoms with Gasteiger partial charge in [-0.25, -0.2) is 9.67 Å². The molecule has 1 aliphatic rings. The number of hydrogen-bond acceptors (Lipinski definition) is 4. The zero-order valence-electron chi connectivity index (χ0n) is 9.06. The van der Waals surface area contributed by atoms with Gasteiger partial charge in [0.1, 0.15) is 12.2 Å². The van der Waals surface area contributed by atoms with Gasteiger partial charge >= 0.3 is 0 Å². The second-order valence-corrected chi connectivity index (χ2v) is 4.03. The standard InChI is InChI=1S/C10H18N4O/c1-2-14-10(12-7-13-14)6-11-5-9(15)8-3-4-8/h7-9,11,15H,2-6H2,1H3. The molecule has 2 rings (SSSR count). The Hall–Kier alpha value is -0.940. The van der Waals surface area contributed by atoms with Crippen LogP contribution in [-0.2, 0) is 13.1 Å². The van der Waals surface area contributed by atoms with Crippen molar-refractivity contribution in [2.24, 2.45) is 5.92 Å². The molecule has 0 radical (unpaired) electrons. The molecule has 1 fully saturated rings. The highest BCUT2D eigenvalue weighted by Gasteiger charge is 2.29. The molecular formula is C10H18N4O. The summed E-state index contributed by atoms with van der Waals surface area (Å²) in [4.78, 5) is 4.15. The number of nitrogens with one attached hydrogen (secondary N) is 1. The summed E-state index contributed by atoms with van der Waals surface area (Å²) in [6, 6.07) is 0. The molecule has 0 saturated heterocycles. The zero-order valence-corrected chi connectivity index (χ0v) is 9.06. The first-order valence-electron chi connectivity index (χ1n) is 5.56. The lowest BCUT2D eigenvalue weighted by Crippen LogP contribution is -2.28. The van der Waals surface area contributed by atoms with Gasteiger partial charge in [0.2, 0.25) is 0 Å². The van der Waals surface area contributed by atoms with Crippen LogP contribution in [0.2, 0.25) is 0 Å². The molecule has 0 aromatic carbocycles. The van der Waals surface area contributed by atoms with Crippen molar-refractivity contribution in [3.63, 3.8) is 0 Å². The Kier molecular flexibility index (Phi) is 3.33. The maximum absolute atomic E-state index is 9.64. The van der Waals surface area contributed by atoms with Crippen molar-refractivity contribution in [2.75, 3.05) is 6.54 Å². The van der Waals surface area contributed by atoms with Crippen LogP contribution in [0, 0.1) is 5.92 Å². The highest BCUT2D eigenvalue weighted by Crippen LogP contribution is 2.32. The van der Waals surface area contributed by atoms with Gasteiger partial charge in [-0.3, -0.25) is 0 Å². The molecular weight excluding hydrogens is 192 g/mol. The topological polar surface area (TPSA) is 63.0 Å². The summed E-state index contributed by atoms with van der Waals surface area (Å²) in [7, 11) is 0. The van der Waals surface area contributed by atoms with Gasteiger partial charge < -0.3 is 10.4 Å². The van der Waals surface area contributed by atoms with Gasteiger partial charge in [0.05, 0.1) is 12.6 Å². The lowest BCUT2D eigenvalue weighted by atomic mass is 10.2. The van der Waals surface area contributed by atoms with Gasteiger partial charge in [0.15, 0.2) is 0 Å². The van der Waals surface area contributed by atoms with Crippen LogP contribution in [0.4, 0.5) is 0 Å². The van der Waals surface area contributed by atoms with Crippen molar-refractivity contribution >= 4 is 0 Å². The van der Waals surface area contributed by atoms with Gasteiger partial charge in [0, 0.05) is 13.1 Å². The molecule has 5 heteroatoms. The monoisotopic (exact) mass is 210 g/mol. The molecule has 0 spiro atoms. The second kappa shape index (κ2) is 4.72. The summed E-state index contributed by atoms with van der Waals surface area (Å²) in [6.45, 7) is 4.21. The quantitative estimate of drug-likeness (QED) is 0.702. The van der Waals surface area contributed by atoms with Crippen LogP contribution in [0.3, 0.4) is 0 Å². The molecule has 1 heterocycles. The Morgan fingerprint density at radius 2 is 2.47 bits per heavy atom. The van der Waals surface area contributed by atoms with Gasteiger partial charge in [-0.15, -0.1) is 0 Å². The maximum atomic E-state index is 9.64. The van der Waals surface area contributed by atoms with E-state index in [4.69, 9.17) is 0 Å². The highest BCUT2D eigenvalue weighted by atomic mass is 16.3. The minimum atomic E-state index is -0.192. The largest absolute Gasteiger partial charge is 0.392 e. The number of rotatable bonds is 6. The molecule has 0 bridgehead atoms. The highest BCUT2D eigenvalue weighted by molar-refractivity contribution is 4.86. The molecule has 1 atom stereocenters. The number of hydrogen-bond donors (Lipinski definition) is 2. The average Bonchev–Trinajstić information content (AvgIpc) is 2.99. The first-order chi connectivity index (χ1) is 7.31. The molecule has 0 aliphatic heterocycles. The molecule has 15 heavy (non-hydrogen) atoms. The van der Waals surface area contributed by atoms with Crippen molar-refractivity contribution in [3.8, 4) is 0 Å². The second-order valence-electron chi connectivity index (χ2n) is 4.03. The van der Waals surface area contributed by atoms with E-state index in [1.165, 1.54) is 12.8 Å². The summed E-state index contributed by atoms with van der Waals surface area (Å²) < 4.78 is 1.86. The number of aryl methyl sites for hydroxylation is 1. The van der Waals surface area contributed by atoms with Gasteiger partial charge in [0.25, 0.3) is 0 Å². The molecule has 1 saturated carbocycles. The normalized spacial score (nSPS) is 18.0. The van der Waals surface area contributed by atoms with Crippen molar-refractivity contribution in [1.29, 1.82) is 0 Å². The summed E-state index contributed by atoms with van der Waals surface area (Å²) in [5.74, 6) is 1.46. The molecule has 2 N–H and O–H groups in total. The van der Waals surface area contributed by atoms with E-state index in [0.717, 1.165) is 12.4 Å². The van der Waals surface area contributed by atoms with Crippen LogP contribution < -0.4 is 5.32 Å². The van der Waals surface area contributed by atoms with E-state index in [2.05, 4.69) is 15.4 Å². The van der Waals surface area contributed by atoms with E-state index in [1.54, 1.807) is 6.33 Å². The Balaban J connectivity index is 1.72. The SMILES string of the molecule is CCn1ncnc1CNCC(O)C1CC1. The number of aliphatic hydroxyl groups is 1. The van der Waals surface area contributed by atoms with E-state index in [0.29, 0.717) is 19.0 Å². The fourth-order valence-electron chi connectivity index (χ4n) is 1.67. The third-order valence-corrected chi connectivity index (χ3v) is 2.80. The van der Waals surface area contributed by atoms with Crippen LogP contribution in [0.1, 0.15) is 25.6 Å². The van der Waals surface area contributed by atoms with E-state index in [-0.39, 0.29) is 6.10 Å². The van der Waals surface area contributed by atoms with Gasteiger partial charge in [-0.2, -0.15) is 5.10 Å². The van der Waals surface area contributed by atoms with Crippen molar-refractivity contribution in [1.82, 2.24) is 20.1 Å². The van der Waals surface area contributed by atoms with Crippen LogP contribution >= 0.6 is 0 Å². The zero-order chi connectivity index (χ0) is 10.7. The molecule has 5 nitrogen and oxygen atoms in total. The summed E-state index contributed by atoms with van der Waals surface area (Å²) in [5, 5.41) is 16.9. The Bertz CT molecular complexity index is 308. The predicted octanol–water partition coefficient (Wildman–Crippen LogP) is 0.158. The molecule has 1 aromatic rings. The molecule has 84 valence electrons. The van der Waals surface area contributed by atoms with E-state index in [1.807, 2.05) is 11.6 Å².